The summed E-state index contributed by atoms with van der Waals surface area (Å²) in [5, 5.41) is 8.01. The first-order chi connectivity index (χ1) is 9.17. The highest BCUT2D eigenvalue weighted by molar-refractivity contribution is 6.30. The van der Waals surface area contributed by atoms with Gasteiger partial charge in [0.25, 0.3) is 5.78 Å². The third-order valence-corrected chi connectivity index (χ3v) is 3.59. The summed E-state index contributed by atoms with van der Waals surface area (Å²) < 4.78 is 1.68. The molecule has 0 aliphatic carbocycles. The molecule has 0 saturated carbocycles. The molecule has 0 bridgehead atoms. The van der Waals surface area contributed by atoms with E-state index in [0.717, 1.165) is 37.6 Å². The molecule has 2 aromatic heterocycles. The molecule has 1 N–H and O–H groups in total. The Labute approximate surface area is 117 Å². The maximum absolute atomic E-state index is 6.10. The van der Waals surface area contributed by atoms with E-state index < -0.39 is 0 Å². The van der Waals surface area contributed by atoms with E-state index in [1.807, 2.05) is 6.92 Å². The molecule has 7 heteroatoms. The van der Waals surface area contributed by atoms with E-state index in [4.69, 9.17) is 11.6 Å². The topological polar surface area (TPSA) is 58.3 Å². The Balaban J connectivity index is 2.15. The van der Waals surface area contributed by atoms with Crippen molar-refractivity contribution in [3.05, 3.63) is 17.0 Å². The van der Waals surface area contributed by atoms with Crippen molar-refractivity contribution in [1.82, 2.24) is 24.5 Å². The van der Waals surface area contributed by atoms with Gasteiger partial charge in [0.15, 0.2) is 0 Å². The van der Waals surface area contributed by atoms with Gasteiger partial charge in [-0.2, -0.15) is 19.6 Å². The largest absolute Gasteiger partial charge is 0.368 e. The van der Waals surface area contributed by atoms with E-state index in [-0.39, 0.29) is 0 Å². The van der Waals surface area contributed by atoms with Gasteiger partial charge in [-0.1, -0.05) is 25.4 Å². The predicted octanol–water partition coefficient (Wildman–Crippen LogP) is 1.84. The van der Waals surface area contributed by atoms with Crippen molar-refractivity contribution in [2.45, 2.75) is 20.8 Å². The van der Waals surface area contributed by atoms with Crippen molar-refractivity contribution < 1.29 is 0 Å². The number of nitrogens with one attached hydrogen (secondary N) is 1. The fourth-order valence-electron chi connectivity index (χ4n) is 1.98. The van der Waals surface area contributed by atoms with Gasteiger partial charge in [-0.25, -0.2) is 0 Å². The number of anilines is 1. The second-order valence-electron chi connectivity index (χ2n) is 4.30. The van der Waals surface area contributed by atoms with Crippen LogP contribution in [0.1, 0.15) is 19.4 Å². The van der Waals surface area contributed by atoms with Crippen LogP contribution in [0.3, 0.4) is 0 Å². The normalized spacial score (nSPS) is 11.4. The number of hydrogen-bond acceptors (Lipinski definition) is 5. The van der Waals surface area contributed by atoms with E-state index in [9.17, 15) is 0 Å². The zero-order chi connectivity index (χ0) is 13.8. The SMILES string of the molecule is CCN(CC)CCNc1c(C)c(Cl)nc2ncnn12. The highest BCUT2D eigenvalue weighted by Crippen LogP contribution is 2.21. The van der Waals surface area contributed by atoms with Crippen LogP contribution < -0.4 is 5.32 Å². The third kappa shape index (κ3) is 2.96. The molecule has 0 aliphatic rings. The lowest BCUT2D eigenvalue weighted by molar-refractivity contribution is 0.316. The lowest BCUT2D eigenvalue weighted by Gasteiger charge is -2.19. The number of aromatic nitrogens is 4. The standard InChI is InChI=1S/C12H19ClN6/c1-4-18(5-2)7-6-14-11-9(3)10(13)17-12-15-8-16-19(11)12/h8,14H,4-7H2,1-3H3. The number of halogens is 1. The van der Waals surface area contributed by atoms with Crippen molar-refractivity contribution >= 4 is 23.2 Å². The highest BCUT2D eigenvalue weighted by atomic mass is 35.5. The van der Waals surface area contributed by atoms with Crippen LogP contribution in [0.2, 0.25) is 5.15 Å². The van der Waals surface area contributed by atoms with Crippen LogP contribution in [0.15, 0.2) is 6.33 Å². The first-order valence-electron chi connectivity index (χ1n) is 6.49. The fraction of sp³-hybridized carbons (Fsp3) is 0.583. The summed E-state index contributed by atoms with van der Waals surface area (Å²) in [6.45, 7) is 10.2. The van der Waals surface area contributed by atoms with E-state index in [0.29, 0.717) is 10.9 Å². The van der Waals surface area contributed by atoms with Crippen LogP contribution in [0.4, 0.5) is 5.82 Å². The van der Waals surface area contributed by atoms with Gasteiger partial charge < -0.3 is 10.2 Å². The quantitative estimate of drug-likeness (QED) is 0.820. The Morgan fingerprint density at radius 2 is 2.11 bits per heavy atom. The van der Waals surface area contributed by atoms with Gasteiger partial charge in [0.1, 0.15) is 17.3 Å². The van der Waals surface area contributed by atoms with Gasteiger partial charge in [0.2, 0.25) is 0 Å². The molecule has 0 atom stereocenters. The second kappa shape index (κ2) is 6.16. The molecule has 0 aliphatic heterocycles. The van der Waals surface area contributed by atoms with Gasteiger partial charge in [-0.05, 0) is 20.0 Å². The van der Waals surface area contributed by atoms with Crippen molar-refractivity contribution in [2.75, 3.05) is 31.5 Å². The smallest absolute Gasteiger partial charge is 0.255 e. The molecule has 0 amide bonds. The summed E-state index contributed by atoms with van der Waals surface area (Å²) in [6, 6.07) is 0. The van der Waals surface area contributed by atoms with Crippen molar-refractivity contribution in [2.24, 2.45) is 0 Å². The lowest BCUT2D eigenvalue weighted by atomic mass is 10.3. The minimum Gasteiger partial charge on any atom is -0.368 e. The average Bonchev–Trinajstić information content (AvgIpc) is 2.86. The zero-order valence-electron chi connectivity index (χ0n) is 11.5. The molecule has 0 aromatic carbocycles. The molecular formula is C12H19ClN6. The third-order valence-electron chi connectivity index (χ3n) is 3.22. The van der Waals surface area contributed by atoms with Crippen molar-refractivity contribution in [3.63, 3.8) is 0 Å². The monoisotopic (exact) mass is 282 g/mol. The van der Waals surface area contributed by atoms with E-state index in [2.05, 4.69) is 39.1 Å². The molecule has 2 aromatic rings. The van der Waals surface area contributed by atoms with Gasteiger partial charge in [0, 0.05) is 18.7 Å². The predicted molar refractivity (Wildman–Crippen MR) is 76.8 cm³/mol. The molecule has 2 heterocycles. The first kappa shape index (κ1) is 14.0. The number of likely N-dealkylation sites (N-methyl/N-ethyl adjacent to an activating group) is 1. The Kier molecular flexibility index (Phi) is 4.55. The van der Waals surface area contributed by atoms with Gasteiger partial charge in [-0.15, -0.1) is 0 Å². The Morgan fingerprint density at radius 1 is 1.37 bits per heavy atom. The number of rotatable bonds is 6. The van der Waals surface area contributed by atoms with Crippen molar-refractivity contribution in [3.8, 4) is 0 Å². The maximum atomic E-state index is 6.10. The molecule has 0 fully saturated rings. The summed E-state index contributed by atoms with van der Waals surface area (Å²) >= 11 is 6.10. The molecular weight excluding hydrogens is 264 g/mol. The highest BCUT2D eigenvalue weighted by Gasteiger charge is 2.11. The van der Waals surface area contributed by atoms with Crippen LogP contribution in [0, 0.1) is 6.92 Å². The van der Waals surface area contributed by atoms with Gasteiger partial charge in [0.05, 0.1) is 0 Å². The molecule has 0 radical (unpaired) electrons. The summed E-state index contributed by atoms with van der Waals surface area (Å²) in [4.78, 5) is 10.6. The molecule has 19 heavy (non-hydrogen) atoms. The maximum Gasteiger partial charge on any atom is 0.255 e. The zero-order valence-corrected chi connectivity index (χ0v) is 12.3. The first-order valence-corrected chi connectivity index (χ1v) is 6.87. The number of hydrogen-bond donors (Lipinski definition) is 1. The molecule has 6 nitrogen and oxygen atoms in total. The van der Waals surface area contributed by atoms with Crippen LogP contribution in [-0.4, -0.2) is 50.7 Å². The van der Waals surface area contributed by atoms with Crippen LogP contribution >= 0.6 is 11.6 Å². The molecule has 2 rings (SSSR count). The summed E-state index contributed by atoms with van der Waals surface area (Å²) in [5.41, 5.74) is 0.888. The minimum absolute atomic E-state index is 0.464. The average molecular weight is 283 g/mol. The molecule has 104 valence electrons. The fourth-order valence-corrected chi connectivity index (χ4v) is 2.14. The van der Waals surface area contributed by atoms with E-state index >= 15 is 0 Å². The van der Waals surface area contributed by atoms with Gasteiger partial charge >= 0.3 is 0 Å². The Morgan fingerprint density at radius 3 is 2.79 bits per heavy atom. The van der Waals surface area contributed by atoms with Crippen LogP contribution in [0.5, 0.6) is 0 Å². The molecule has 0 unspecified atom stereocenters. The second-order valence-corrected chi connectivity index (χ2v) is 4.66. The minimum atomic E-state index is 0.464. The number of fused-ring (bicyclic) bond motifs is 1. The van der Waals surface area contributed by atoms with E-state index in [1.165, 1.54) is 6.33 Å². The van der Waals surface area contributed by atoms with Crippen LogP contribution in [0.25, 0.3) is 5.78 Å². The van der Waals surface area contributed by atoms with E-state index in [1.54, 1.807) is 4.52 Å². The summed E-state index contributed by atoms with van der Waals surface area (Å²) in [5.74, 6) is 1.38. The molecule has 0 saturated heterocycles. The molecule has 0 spiro atoms. The Bertz CT molecular complexity index is 548. The Hall–Kier alpha value is -1.40. The summed E-state index contributed by atoms with van der Waals surface area (Å²) in [6.07, 6.45) is 1.48. The van der Waals surface area contributed by atoms with Crippen LogP contribution in [-0.2, 0) is 0 Å². The van der Waals surface area contributed by atoms with Crippen molar-refractivity contribution in [1.29, 1.82) is 0 Å². The number of nitrogens with zero attached hydrogens (tertiary/aromatic N) is 5. The lowest BCUT2D eigenvalue weighted by Crippen LogP contribution is -2.29. The van der Waals surface area contributed by atoms with Gasteiger partial charge in [-0.3, -0.25) is 0 Å². The summed E-state index contributed by atoms with van der Waals surface area (Å²) in [7, 11) is 0.